The zero-order valence-electron chi connectivity index (χ0n) is 18.7. The van der Waals surface area contributed by atoms with Crippen LogP contribution in [0.4, 0.5) is 5.69 Å². The molecule has 0 unspecified atom stereocenters. The molecule has 0 aliphatic carbocycles. The number of nitrogens with one attached hydrogen (secondary N) is 1. The third-order valence-corrected chi connectivity index (χ3v) is 7.89. The Morgan fingerprint density at radius 3 is 2.74 bits per heavy atom. The highest BCUT2D eigenvalue weighted by Crippen LogP contribution is 2.33. The third kappa shape index (κ3) is 4.98. The number of carbonyl (C=O) groups is 2. The molecule has 1 N–H and O–H groups in total. The minimum Gasteiger partial charge on any atom is -0.490 e. The normalized spacial score (nSPS) is 22.5. The Labute approximate surface area is 203 Å². The molecule has 4 rings (SSSR count). The number of amides is 1. The number of ether oxygens (including phenoxy) is 3. The number of methoxy groups -OCH3 is 1. The number of sulfonamides is 1. The highest BCUT2D eigenvalue weighted by molar-refractivity contribution is 7.92. The van der Waals surface area contributed by atoms with Gasteiger partial charge in [-0.15, -0.1) is 0 Å². The lowest BCUT2D eigenvalue weighted by atomic mass is 9.94. The minimum absolute atomic E-state index is 0.0631. The van der Waals surface area contributed by atoms with Crippen molar-refractivity contribution in [2.45, 2.75) is 42.4 Å². The standard InChI is InChI=1S/C23H25ClN2O7S/c1-26-18-9-8-15(12-22(27)31-2)33-20(18)13-32-19-10-7-14(11-16(19)23(26)28)25-34(29,30)21-6-4-3-5-17(21)24/h3-7,10-11,15,18,20,25H,8-9,12-13H2,1-2H3/t15-,18+,20+/m0/s1. The predicted molar refractivity (Wildman–Crippen MR) is 125 cm³/mol. The van der Waals surface area contributed by atoms with Crippen molar-refractivity contribution in [1.29, 1.82) is 0 Å². The van der Waals surface area contributed by atoms with Crippen molar-refractivity contribution in [3.8, 4) is 5.75 Å². The zero-order valence-corrected chi connectivity index (χ0v) is 20.3. The van der Waals surface area contributed by atoms with Gasteiger partial charge in [-0.25, -0.2) is 8.42 Å². The number of hydrogen-bond donors (Lipinski definition) is 1. The van der Waals surface area contributed by atoms with Gasteiger partial charge in [-0.3, -0.25) is 14.3 Å². The molecule has 2 aliphatic rings. The van der Waals surface area contributed by atoms with E-state index in [9.17, 15) is 18.0 Å². The number of anilines is 1. The molecule has 182 valence electrons. The first kappa shape index (κ1) is 24.3. The summed E-state index contributed by atoms with van der Waals surface area (Å²) in [6.45, 7) is 0.178. The van der Waals surface area contributed by atoms with Gasteiger partial charge in [0.25, 0.3) is 15.9 Å². The Morgan fingerprint density at radius 1 is 1.24 bits per heavy atom. The van der Waals surface area contributed by atoms with E-state index in [4.69, 9.17) is 25.8 Å². The molecule has 0 radical (unpaired) electrons. The maximum Gasteiger partial charge on any atom is 0.308 e. The van der Waals surface area contributed by atoms with Gasteiger partial charge in [0.2, 0.25) is 0 Å². The first-order valence-corrected chi connectivity index (χ1v) is 12.6. The van der Waals surface area contributed by atoms with Crippen LogP contribution < -0.4 is 9.46 Å². The van der Waals surface area contributed by atoms with Crippen LogP contribution in [-0.4, -0.2) is 64.2 Å². The lowest BCUT2D eigenvalue weighted by molar-refractivity contribution is -0.151. The molecule has 2 aromatic rings. The third-order valence-electron chi connectivity index (χ3n) is 6.01. The first-order valence-electron chi connectivity index (χ1n) is 10.7. The number of esters is 1. The van der Waals surface area contributed by atoms with Gasteiger partial charge in [0.05, 0.1) is 36.3 Å². The Bertz CT molecular complexity index is 1200. The first-order chi connectivity index (χ1) is 16.2. The summed E-state index contributed by atoms with van der Waals surface area (Å²) in [6, 6.07) is 10.4. The summed E-state index contributed by atoms with van der Waals surface area (Å²) < 4.78 is 44.8. The van der Waals surface area contributed by atoms with Crippen molar-refractivity contribution in [2.24, 2.45) is 0 Å². The summed E-state index contributed by atoms with van der Waals surface area (Å²) in [5.74, 6) is -0.357. The zero-order chi connectivity index (χ0) is 24.5. The average molecular weight is 509 g/mol. The molecule has 1 saturated heterocycles. The van der Waals surface area contributed by atoms with E-state index in [-0.39, 0.29) is 58.2 Å². The van der Waals surface area contributed by atoms with Gasteiger partial charge in [-0.05, 0) is 43.2 Å². The summed E-state index contributed by atoms with van der Waals surface area (Å²) in [6.07, 6.45) is 0.651. The number of benzene rings is 2. The second-order valence-electron chi connectivity index (χ2n) is 8.20. The van der Waals surface area contributed by atoms with E-state index in [1.165, 1.54) is 31.4 Å². The largest absolute Gasteiger partial charge is 0.490 e. The average Bonchev–Trinajstić information content (AvgIpc) is 2.81. The van der Waals surface area contributed by atoms with Gasteiger partial charge in [0.15, 0.2) is 0 Å². The number of likely N-dealkylation sites (N-methyl/N-ethyl adjacent to an activating group) is 1. The molecular weight excluding hydrogens is 484 g/mol. The predicted octanol–water partition coefficient (Wildman–Crippen LogP) is 3.08. The van der Waals surface area contributed by atoms with E-state index >= 15 is 0 Å². The number of nitrogens with zero attached hydrogens (tertiary/aromatic N) is 1. The van der Waals surface area contributed by atoms with E-state index in [0.717, 1.165) is 0 Å². The minimum atomic E-state index is -3.96. The summed E-state index contributed by atoms with van der Waals surface area (Å²) in [7, 11) is -0.948. The van der Waals surface area contributed by atoms with Crippen molar-refractivity contribution >= 4 is 39.2 Å². The molecule has 9 nitrogen and oxygen atoms in total. The Kier molecular flexibility index (Phi) is 7.01. The summed E-state index contributed by atoms with van der Waals surface area (Å²) >= 11 is 6.05. The Balaban J connectivity index is 1.56. The van der Waals surface area contributed by atoms with E-state index < -0.39 is 16.1 Å². The number of halogens is 1. The molecule has 2 heterocycles. The van der Waals surface area contributed by atoms with Crippen LogP contribution in [-0.2, 0) is 24.3 Å². The van der Waals surface area contributed by atoms with Gasteiger partial charge >= 0.3 is 5.97 Å². The number of carbonyl (C=O) groups excluding carboxylic acids is 2. The SMILES string of the molecule is COC(=O)C[C@@H]1CC[C@@H]2[C@@H](COc3ccc(NS(=O)(=O)c4ccccc4Cl)cc3C(=O)N2C)O1. The van der Waals surface area contributed by atoms with Crippen molar-refractivity contribution in [3.05, 3.63) is 53.1 Å². The second-order valence-corrected chi connectivity index (χ2v) is 10.3. The van der Waals surface area contributed by atoms with Gasteiger partial charge in [0, 0.05) is 12.7 Å². The van der Waals surface area contributed by atoms with Gasteiger partial charge in [-0.1, -0.05) is 23.7 Å². The van der Waals surface area contributed by atoms with E-state index in [1.54, 1.807) is 30.1 Å². The van der Waals surface area contributed by atoms with Gasteiger partial charge < -0.3 is 19.1 Å². The summed E-state index contributed by atoms with van der Waals surface area (Å²) in [4.78, 5) is 26.5. The van der Waals surface area contributed by atoms with Crippen LogP contribution in [0, 0.1) is 0 Å². The van der Waals surface area contributed by atoms with E-state index in [0.29, 0.717) is 18.6 Å². The molecule has 1 fully saturated rings. The van der Waals surface area contributed by atoms with E-state index in [2.05, 4.69) is 4.72 Å². The quantitative estimate of drug-likeness (QED) is 0.618. The smallest absolute Gasteiger partial charge is 0.308 e. The van der Waals surface area contributed by atoms with E-state index in [1.807, 2.05) is 0 Å². The summed E-state index contributed by atoms with van der Waals surface area (Å²) in [5.41, 5.74) is 0.441. The summed E-state index contributed by atoms with van der Waals surface area (Å²) in [5, 5.41) is 0.0919. The fraction of sp³-hybridized carbons (Fsp3) is 0.391. The maximum absolute atomic E-state index is 13.3. The van der Waals surface area contributed by atoms with Gasteiger partial charge in [-0.2, -0.15) is 0 Å². The molecule has 2 aromatic carbocycles. The number of fused-ring (bicyclic) bond motifs is 2. The maximum atomic E-state index is 13.3. The molecule has 2 aliphatic heterocycles. The molecule has 3 atom stereocenters. The highest BCUT2D eigenvalue weighted by atomic mass is 35.5. The van der Waals surface area contributed by atoms with Gasteiger partial charge in [0.1, 0.15) is 23.4 Å². The van der Waals surface area contributed by atoms with Crippen LogP contribution in [0.3, 0.4) is 0 Å². The van der Waals surface area contributed by atoms with Crippen molar-refractivity contribution < 1.29 is 32.2 Å². The fourth-order valence-corrected chi connectivity index (χ4v) is 5.80. The highest BCUT2D eigenvalue weighted by Gasteiger charge is 2.39. The molecule has 0 bridgehead atoms. The molecule has 11 heteroatoms. The van der Waals surface area contributed by atoms with Crippen LogP contribution in [0.15, 0.2) is 47.4 Å². The number of hydrogen-bond acceptors (Lipinski definition) is 7. The van der Waals surface area contributed by atoms with Crippen LogP contribution >= 0.6 is 11.6 Å². The lowest BCUT2D eigenvalue weighted by Gasteiger charge is -2.42. The lowest BCUT2D eigenvalue weighted by Crippen LogP contribution is -2.53. The van der Waals surface area contributed by atoms with Crippen LogP contribution in [0.2, 0.25) is 5.02 Å². The van der Waals surface area contributed by atoms with Crippen LogP contribution in [0.25, 0.3) is 0 Å². The second kappa shape index (κ2) is 9.81. The molecular formula is C23H25ClN2O7S. The molecule has 34 heavy (non-hydrogen) atoms. The Hall–Kier alpha value is -2.82. The van der Waals surface area contributed by atoms with Crippen molar-refractivity contribution in [3.63, 3.8) is 0 Å². The van der Waals surface area contributed by atoms with Crippen molar-refractivity contribution in [2.75, 3.05) is 25.5 Å². The molecule has 0 saturated carbocycles. The van der Waals surface area contributed by atoms with Crippen LogP contribution in [0.5, 0.6) is 5.75 Å². The Morgan fingerprint density at radius 2 is 2.00 bits per heavy atom. The molecule has 0 aromatic heterocycles. The fourth-order valence-electron chi connectivity index (χ4n) is 4.23. The van der Waals surface area contributed by atoms with Crippen molar-refractivity contribution in [1.82, 2.24) is 4.90 Å². The molecule has 1 amide bonds. The monoisotopic (exact) mass is 508 g/mol. The number of rotatable bonds is 5. The molecule has 0 spiro atoms. The van der Waals surface area contributed by atoms with Crippen LogP contribution in [0.1, 0.15) is 29.6 Å². The topological polar surface area (TPSA) is 111 Å².